The van der Waals surface area contributed by atoms with Crippen LogP contribution in [0.3, 0.4) is 0 Å². The van der Waals surface area contributed by atoms with Crippen LogP contribution in [0.4, 0.5) is 0 Å². The Kier molecular flexibility index (Phi) is 3.72. The lowest BCUT2D eigenvalue weighted by atomic mass is 10.1. The molecule has 1 aromatic carbocycles. The molecule has 0 bridgehead atoms. The Hall–Kier alpha value is -1.16. The van der Waals surface area contributed by atoms with Crippen LogP contribution in [0, 0.1) is 0 Å². The average Bonchev–Trinajstić information content (AvgIpc) is 2.71. The standard InChI is InChI=1S/C12H15NO2S/c1-16-7-6-15-10-3-4-11-9(8-10)2-5-12(11)13-14/h3-4,8,14H,2,5-7H2,1H3/b13-12+. The Morgan fingerprint density at radius 2 is 2.31 bits per heavy atom. The summed E-state index contributed by atoms with van der Waals surface area (Å²) in [7, 11) is 0. The first-order valence-corrected chi connectivity index (χ1v) is 6.70. The molecule has 1 N–H and O–H groups in total. The minimum absolute atomic E-state index is 0.737. The van der Waals surface area contributed by atoms with E-state index in [9.17, 15) is 0 Å². The van der Waals surface area contributed by atoms with Gasteiger partial charge >= 0.3 is 0 Å². The summed E-state index contributed by atoms with van der Waals surface area (Å²) in [4.78, 5) is 0. The van der Waals surface area contributed by atoms with E-state index < -0.39 is 0 Å². The van der Waals surface area contributed by atoms with Crippen molar-refractivity contribution in [3.05, 3.63) is 29.3 Å². The van der Waals surface area contributed by atoms with E-state index in [1.165, 1.54) is 5.56 Å². The molecule has 0 radical (unpaired) electrons. The van der Waals surface area contributed by atoms with Gasteiger partial charge in [0.15, 0.2) is 0 Å². The van der Waals surface area contributed by atoms with E-state index >= 15 is 0 Å². The average molecular weight is 237 g/mol. The highest BCUT2D eigenvalue weighted by Crippen LogP contribution is 2.26. The number of fused-ring (bicyclic) bond motifs is 1. The number of benzene rings is 1. The van der Waals surface area contributed by atoms with Crippen LogP contribution in [0.2, 0.25) is 0 Å². The van der Waals surface area contributed by atoms with Gasteiger partial charge in [0.25, 0.3) is 0 Å². The Bertz CT molecular complexity index is 404. The van der Waals surface area contributed by atoms with Gasteiger partial charge in [0, 0.05) is 11.3 Å². The third kappa shape index (κ3) is 2.32. The van der Waals surface area contributed by atoms with Crippen molar-refractivity contribution in [2.75, 3.05) is 18.6 Å². The molecule has 2 rings (SSSR count). The molecule has 86 valence electrons. The van der Waals surface area contributed by atoms with Crippen LogP contribution in [0.25, 0.3) is 0 Å². The van der Waals surface area contributed by atoms with Gasteiger partial charge in [-0.15, -0.1) is 0 Å². The molecule has 0 unspecified atom stereocenters. The van der Waals surface area contributed by atoms with Crippen LogP contribution in [-0.4, -0.2) is 29.5 Å². The van der Waals surface area contributed by atoms with Crippen molar-refractivity contribution in [1.82, 2.24) is 0 Å². The Morgan fingerprint density at radius 3 is 3.06 bits per heavy atom. The van der Waals surface area contributed by atoms with Gasteiger partial charge in [-0.1, -0.05) is 5.16 Å². The van der Waals surface area contributed by atoms with E-state index in [4.69, 9.17) is 9.94 Å². The Balaban J connectivity index is 2.09. The fraction of sp³-hybridized carbons (Fsp3) is 0.417. The van der Waals surface area contributed by atoms with Crippen molar-refractivity contribution in [3.8, 4) is 5.75 Å². The largest absolute Gasteiger partial charge is 0.493 e. The minimum atomic E-state index is 0.737. The highest BCUT2D eigenvalue weighted by Gasteiger charge is 2.18. The first-order chi connectivity index (χ1) is 7.85. The molecule has 1 aliphatic rings. The van der Waals surface area contributed by atoms with Gasteiger partial charge in [-0.3, -0.25) is 0 Å². The molecule has 0 saturated carbocycles. The SMILES string of the molecule is CSCCOc1ccc2c(c1)CC/C2=N\O. The molecular weight excluding hydrogens is 222 g/mol. The molecule has 0 heterocycles. The van der Waals surface area contributed by atoms with Gasteiger partial charge in [-0.05, 0) is 42.9 Å². The molecule has 0 fully saturated rings. The second-order valence-electron chi connectivity index (χ2n) is 3.71. The summed E-state index contributed by atoms with van der Waals surface area (Å²) in [5.41, 5.74) is 3.06. The zero-order valence-electron chi connectivity index (χ0n) is 9.27. The topological polar surface area (TPSA) is 41.8 Å². The Labute approximate surface area is 99.5 Å². The van der Waals surface area contributed by atoms with Crippen LogP contribution in [-0.2, 0) is 6.42 Å². The number of nitrogens with zero attached hydrogens (tertiary/aromatic N) is 1. The third-order valence-corrected chi connectivity index (χ3v) is 3.27. The number of hydrogen-bond acceptors (Lipinski definition) is 4. The van der Waals surface area contributed by atoms with Gasteiger partial charge < -0.3 is 9.94 Å². The van der Waals surface area contributed by atoms with E-state index in [1.807, 2.05) is 18.2 Å². The number of oxime groups is 1. The lowest BCUT2D eigenvalue weighted by Crippen LogP contribution is -2.00. The summed E-state index contributed by atoms with van der Waals surface area (Å²) in [6.07, 6.45) is 3.82. The molecule has 3 nitrogen and oxygen atoms in total. The highest BCUT2D eigenvalue weighted by atomic mass is 32.2. The summed E-state index contributed by atoms with van der Waals surface area (Å²) in [5, 5.41) is 12.1. The first kappa shape index (κ1) is 11.3. The van der Waals surface area contributed by atoms with Gasteiger partial charge in [0.05, 0.1) is 12.3 Å². The van der Waals surface area contributed by atoms with E-state index in [0.717, 1.165) is 42.2 Å². The number of thioether (sulfide) groups is 1. The fourth-order valence-corrected chi connectivity index (χ4v) is 2.13. The summed E-state index contributed by atoms with van der Waals surface area (Å²) in [6, 6.07) is 5.97. The number of ether oxygens (including phenoxy) is 1. The zero-order chi connectivity index (χ0) is 11.4. The lowest BCUT2D eigenvalue weighted by Gasteiger charge is -2.06. The number of rotatable bonds is 4. The van der Waals surface area contributed by atoms with E-state index in [2.05, 4.69) is 11.4 Å². The van der Waals surface area contributed by atoms with Crippen LogP contribution in [0.5, 0.6) is 5.75 Å². The predicted octanol–water partition coefficient (Wildman–Crippen LogP) is 2.55. The van der Waals surface area contributed by atoms with E-state index in [1.54, 1.807) is 11.8 Å². The van der Waals surface area contributed by atoms with Crippen molar-refractivity contribution in [3.63, 3.8) is 0 Å². The van der Waals surface area contributed by atoms with Crippen LogP contribution in [0.15, 0.2) is 23.4 Å². The zero-order valence-corrected chi connectivity index (χ0v) is 10.1. The second-order valence-corrected chi connectivity index (χ2v) is 4.69. The molecule has 4 heteroatoms. The number of hydrogen-bond donors (Lipinski definition) is 1. The molecule has 0 amide bonds. The third-order valence-electron chi connectivity index (χ3n) is 2.70. The fourth-order valence-electron chi connectivity index (χ4n) is 1.88. The molecule has 0 saturated heterocycles. The van der Waals surface area contributed by atoms with Crippen molar-refractivity contribution >= 4 is 17.5 Å². The van der Waals surface area contributed by atoms with Gasteiger partial charge in [0.1, 0.15) is 5.75 Å². The lowest BCUT2D eigenvalue weighted by molar-refractivity contribution is 0.318. The van der Waals surface area contributed by atoms with Crippen molar-refractivity contribution in [2.24, 2.45) is 5.16 Å². The molecule has 16 heavy (non-hydrogen) atoms. The van der Waals surface area contributed by atoms with Crippen molar-refractivity contribution in [1.29, 1.82) is 0 Å². The smallest absolute Gasteiger partial charge is 0.119 e. The van der Waals surface area contributed by atoms with E-state index in [-0.39, 0.29) is 0 Å². The quantitative estimate of drug-likeness (QED) is 0.497. The molecule has 0 atom stereocenters. The molecule has 0 spiro atoms. The summed E-state index contributed by atoms with van der Waals surface area (Å²) in [5.74, 6) is 1.91. The van der Waals surface area contributed by atoms with E-state index in [0.29, 0.717) is 0 Å². The maximum atomic E-state index is 8.81. The second kappa shape index (κ2) is 5.25. The minimum Gasteiger partial charge on any atom is -0.493 e. The monoisotopic (exact) mass is 237 g/mol. The first-order valence-electron chi connectivity index (χ1n) is 5.31. The van der Waals surface area contributed by atoms with Crippen LogP contribution >= 0.6 is 11.8 Å². The molecule has 0 aliphatic heterocycles. The molecule has 1 aromatic rings. The van der Waals surface area contributed by atoms with Crippen molar-refractivity contribution in [2.45, 2.75) is 12.8 Å². The Morgan fingerprint density at radius 1 is 1.44 bits per heavy atom. The maximum absolute atomic E-state index is 8.81. The molecule has 1 aliphatic carbocycles. The summed E-state index contributed by atoms with van der Waals surface area (Å²) < 4.78 is 5.62. The molecular formula is C12H15NO2S. The summed E-state index contributed by atoms with van der Waals surface area (Å²) >= 11 is 1.77. The van der Waals surface area contributed by atoms with Crippen molar-refractivity contribution < 1.29 is 9.94 Å². The molecule has 0 aromatic heterocycles. The van der Waals surface area contributed by atoms with Gasteiger partial charge in [0.2, 0.25) is 0 Å². The predicted molar refractivity (Wildman–Crippen MR) is 67.0 cm³/mol. The van der Waals surface area contributed by atoms with Gasteiger partial charge in [-0.25, -0.2) is 0 Å². The van der Waals surface area contributed by atoms with Crippen LogP contribution in [0.1, 0.15) is 17.5 Å². The normalized spacial score (nSPS) is 16.4. The van der Waals surface area contributed by atoms with Gasteiger partial charge in [-0.2, -0.15) is 11.8 Å². The maximum Gasteiger partial charge on any atom is 0.119 e. The summed E-state index contributed by atoms with van der Waals surface area (Å²) in [6.45, 7) is 0.737. The highest BCUT2D eigenvalue weighted by molar-refractivity contribution is 7.98. The van der Waals surface area contributed by atoms with Crippen LogP contribution < -0.4 is 4.74 Å². The number of aryl methyl sites for hydroxylation is 1.